The van der Waals surface area contributed by atoms with E-state index in [2.05, 4.69) is 4.72 Å². The molecule has 0 radical (unpaired) electrons. The topological polar surface area (TPSA) is 102 Å². The molecule has 1 aliphatic heterocycles. The lowest BCUT2D eigenvalue weighted by atomic mass is 9.80. The third-order valence-electron chi connectivity index (χ3n) is 5.03. The van der Waals surface area contributed by atoms with E-state index in [1.165, 1.54) is 10.7 Å². The molecule has 0 bridgehead atoms. The van der Waals surface area contributed by atoms with E-state index in [0.717, 1.165) is 25.7 Å². The largest absolute Gasteiger partial charge is 0.381 e. The molecule has 7 nitrogen and oxygen atoms in total. The molecule has 2 fully saturated rings. The monoisotopic (exact) mass is 333 g/mol. The highest BCUT2D eigenvalue weighted by molar-refractivity contribution is 7.87. The van der Waals surface area contributed by atoms with Crippen LogP contribution in [0.2, 0.25) is 0 Å². The van der Waals surface area contributed by atoms with E-state index in [4.69, 9.17) is 10.5 Å². The van der Waals surface area contributed by atoms with Crippen LogP contribution in [-0.2, 0) is 19.7 Å². The van der Waals surface area contributed by atoms with Crippen molar-refractivity contribution in [1.29, 1.82) is 0 Å². The Morgan fingerprint density at radius 2 is 1.86 bits per heavy atom. The molecule has 0 aromatic carbocycles. The van der Waals surface area contributed by atoms with Crippen molar-refractivity contribution in [2.24, 2.45) is 11.1 Å². The number of rotatable bonds is 6. The minimum Gasteiger partial charge on any atom is -0.381 e. The Kier molecular flexibility index (Phi) is 5.81. The second kappa shape index (κ2) is 7.25. The highest BCUT2D eigenvalue weighted by Crippen LogP contribution is 2.30. The zero-order valence-corrected chi connectivity index (χ0v) is 14.0. The van der Waals surface area contributed by atoms with Crippen molar-refractivity contribution in [3.63, 3.8) is 0 Å². The highest BCUT2D eigenvalue weighted by atomic mass is 32.2. The van der Waals surface area contributed by atoms with Crippen molar-refractivity contribution in [3.8, 4) is 0 Å². The van der Waals surface area contributed by atoms with Crippen LogP contribution in [0.15, 0.2) is 0 Å². The summed E-state index contributed by atoms with van der Waals surface area (Å²) in [4.78, 5) is 11.8. The van der Waals surface area contributed by atoms with Gasteiger partial charge in [0, 0.05) is 32.8 Å². The molecular weight excluding hydrogens is 306 g/mol. The molecule has 1 saturated heterocycles. The predicted molar refractivity (Wildman–Crippen MR) is 83.2 cm³/mol. The average molecular weight is 333 g/mol. The normalized spacial score (nSPS) is 23.5. The van der Waals surface area contributed by atoms with Gasteiger partial charge in [0.05, 0.1) is 5.41 Å². The number of hydrogen-bond acceptors (Lipinski definition) is 4. The lowest BCUT2D eigenvalue weighted by molar-refractivity contribution is -0.132. The van der Waals surface area contributed by atoms with Gasteiger partial charge in [-0.15, -0.1) is 0 Å². The fourth-order valence-electron chi connectivity index (χ4n) is 3.24. The van der Waals surface area contributed by atoms with E-state index in [1.807, 2.05) is 0 Å². The summed E-state index contributed by atoms with van der Waals surface area (Å²) in [6.45, 7) is 0.914. The molecule has 22 heavy (non-hydrogen) atoms. The Labute approximate surface area is 132 Å². The highest BCUT2D eigenvalue weighted by Gasteiger charge is 2.40. The molecule has 0 aromatic heterocycles. The molecule has 8 heteroatoms. The van der Waals surface area contributed by atoms with Crippen molar-refractivity contribution in [2.75, 3.05) is 26.8 Å². The molecule has 128 valence electrons. The maximum Gasteiger partial charge on any atom is 0.279 e. The number of nitrogens with zero attached hydrogens (tertiary/aromatic N) is 1. The van der Waals surface area contributed by atoms with Gasteiger partial charge < -0.3 is 10.5 Å². The number of ether oxygens (including phenoxy) is 1. The minimum atomic E-state index is -3.60. The van der Waals surface area contributed by atoms with E-state index in [0.29, 0.717) is 26.1 Å². The van der Waals surface area contributed by atoms with Crippen molar-refractivity contribution >= 4 is 16.1 Å². The van der Waals surface area contributed by atoms with Crippen molar-refractivity contribution in [2.45, 2.75) is 51.0 Å². The molecule has 1 saturated carbocycles. The molecule has 2 rings (SSSR count). The number of nitrogens with one attached hydrogen (secondary N) is 1. The Morgan fingerprint density at radius 3 is 2.41 bits per heavy atom. The first kappa shape index (κ1) is 17.7. The summed E-state index contributed by atoms with van der Waals surface area (Å²) >= 11 is 0. The van der Waals surface area contributed by atoms with E-state index in [-0.39, 0.29) is 12.6 Å². The van der Waals surface area contributed by atoms with Crippen LogP contribution in [0.4, 0.5) is 0 Å². The fraction of sp³-hybridized carbons (Fsp3) is 0.929. The molecule has 1 aliphatic carbocycles. The maximum absolute atomic E-state index is 12.5. The fourth-order valence-corrected chi connectivity index (χ4v) is 4.51. The molecule has 2 aliphatic rings. The number of primary amides is 1. The average Bonchev–Trinajstić information content (AvgIpc) is 2.54. The summed E-state index contributed by atoms with van der Waals surface area (Å²) in [5.41, 5.74) is 4.67. The number of nitrogens with two attached hydrogens (primary N) is 1. The minimum absolute atomic E-state index is 0.0467. The SMILES string of the molecule is CN(C1CCCCC1)S(=O)(=O)NCC1(C(N)=O)CCOCC1. The van der Waals surface area contributed by atoms with E-state index in [9.17, 15) is 13.2 Å². The second-order valence-electron chi connectivity index (χ2n) is 6.39. The lowest BCUT2D eigenvalue weighted by Crippen LogP contribution is -2.53. The van der Waals surface area contributed by atoms with E-state index >= 15 is 0 Å². The van der Waals surface area contributed by atoms with Gasteiger partial charge in [0.15, 0.2) is 0 Å². The molecule has 0 unspecified atom stereocenters. The molecule has 3 N–H and O–H groups in total. The molecule has 0 atom stereocenters. The Hall–Kier alpha value is -0.700. The lowest BCUT2D eigenvalue weighted by Gasteiger charge is -2.36. The maximum atomic E-state index is 12.5. The summed E-state index contributed by atoms with van der Waals surface area (Å²) in [6, 6.07) is 0.0467. The van der Waals surface area contributed by atoms with Gasteiger partial charge >= 0.3 is 0 Å². The number of carbonyl (C=O) groups is 1. The van der Waals surface area contributed by atoms with E-state index in [1.54, 1.807) is 7.05 Å². The standard InChI is InChI=1S/C14H27N3O4S/c1-17(12-5-3-2-4-6-12)22(19,20)16-11-14(13(15)18)7-9-21-10-8-14/h12,16H,2-11H2,1H3,(H2,15,18). The van der Waals surface area contributed by atoms with Gasteiger partial charge in [-0.05, 0) is 25.7 Å². The van der Waals surface area contributed by atoms with Crippen molar-refractivity contribution in [3.05, 3.63) is 0 Å². The molecule has 0 aromatic rings. The Morgan fingerprint density at radius 1 is 1.27 bits per heavy atom. The summed E-state index contributed by atoms with van der Waals surface area (Å²) < 4.78 is 34.2. The van der Waals surface area contributed by atoms with Gasteiger partial charge in [-0.2, -0.15) is 12.7 Å². The Balaban J connectivity index is 1.99. The third kappa shape index (κ3) is 3.98. The first-order chi connectivity index (χ1) is 10.4. The molecule has 0 spiro atoms. The second-order valence-corrected chi connectivity index (χ2v) is 8.21. The molecule has 1 heterocycles. The molecule has 1 amide bonds. The van der Waals surface area contributed by atoms with Gasteiger partial charge in [-0.25, -0.2) is 4.72 Å². The first-order valence-electron chi connectivity index (χ1n) is 7.98. The van der Waals surface area contributed by atoms with Gasteiger partial charge in [-0.3, -0.25) is 4.79 Å². The Bertz CT molecular complexity index is 482. The van der Waals surface area contributed by atoms with Crippen LogP contribution in [0.5, 0.6) is 0 Å². The summed E-state index contributed by atoms with van der Waals surface area (Å²) in [5, 5.41) is 0. The summed E-state index contributed by atoms with van der Waals surface area (Å²) in [5.74, 6) is -0.459. The zero-order chi connectivity index (χ0) is 16.2. The van der Waals surface area contributed by atoms with Crippen LogP contribution in [0, 0.1) is 5.41 Å². The molecular formula is C14H27N3O4S. The number of carbonyl (C=O) groups excluding carboxylic acids is 1. The van der Waals surface area contributed by atoms with Crippen LogP contribution >= 0.6 is 0 Å². The smallest absolute Gasteiger partial charge is 0.279 e. The third-order valence-corrected chi connectivity index (χ3v) is 6.60. The number of amides is 1. The van der Waals surface area contributed by atoms with Crippen LogP contribution < -0.4 is 10.5 Å². The predicted octanol–water partition coefficient (Wildman–Crippen LogP) is 0.367. The zero-order valence-electron chi connectivity index (χ0n) is 13.2. The van der Waals surface area contributed by atoms with Gasteiger partial charge in [-0.1, -0.05) is 19.3 Å². The van der Waals surface area contributed by atoms with Crippen LogP contribution in [0.3, 0.4) is 0 Å². The van der Waals surface area contributed by atoms with E-state index < -0.39 is 21.5 Å². The van der Waals surface area contributed by atoms with Gasteiger partial charge in [0.25, 0.3) is 10.2 Å². The van der Waals surface area contributed by atoms with Crippen LogP contribution in [0.25, 0.3) is 0 Å². The van der Waals surface area contributed by atoms with Crippen molar-refractivity contribution < 1.29 is 17.9 Å². The summed E-state index contributed by atoms with van der Waals surface area (Å²) in [7, 11) is -1.99. The van der Waals surface area contributed by atoms with Crippen LogP contribution in [0.1, 0.15) is 44.9 Å². The van der Waals surface area contributed by atoms with Gasteiger partial charge in [0.1, 0.15) is 0 Å². The van der Waals surface area contributed by atoms with Crippen molar-refractivity contribution in [1.82, 2.24) is 9.03 Å². The number of hydrogen-bond donors (Lipinski definition) is 2. The van der Waals surface area contributed by atoms with Crippen LogP contribution in [-0.4, -0.2) is 51.5 Å². The van der Waals surface area contributed by atoms with Gasteiger partial charge in [0.2, 0.25) is 5.91 Å². The quantitative estimate of drug-likeness (QED) is 0.733. The summed E-state index contributed by atoms with van der Waals surface area (Å²) in [6.07, 6.45) is 6.00. The first-order valence-corrected chi connectivity index (χ1v) is 9.42.